The molecule has 2 rings (SSSR count). The Hall–Kier alpha value is -1.56. The van der Waals surface area contributed by atoms with Crippen molar-refractivity contribution in [3.8, 4) is 5.69 Å². The van der Waals surface area contributed by atoms with Crippen molar-refractivity contribution in [2.24, 2.45) is 0 Å². The van der Waals surface area contributed by atoms with Crippen LogP contribution in [-0.2, 0) is 12.1 Å². The van der Waals surface area contributed by atoms with Gasteiger partial charge in [-0.2, -0.15) is 18.3 Å². The van der Waals surface area contributed by atoms with Crippen LogP contribution in [0.15, 0.2) is 30.7 Å². The number of rotatable bonds is 2. The summed E-state index contributed by atoms with van der Waals surface area (Å²) in [4.78, 5) is 3.74. The van der Waals surface area contributed by atoms with Crippen LogP contribution in [0.25, 0.3) is 5.69 Å². The molecule has 0 radical (unpaired) electrons. The van der Waals surface area contributed by atoms with Crippen molar-refractivity contribution in [1.29, 1.82) is 0 Å². The van der Waals surface area contributed by atoms with E-state index in [1.807, 2.05) is 0 Å². The molecule has 0 aliphatic carbocycles. The quantitative estimate of drug-likeness (QED) is 0.778. The van der Waals surface area contributed by atoms with E-state index in [-0.39, 0.29) is 11.4 Å². The number of hydrogen-bond acceptors (Lipinski definition) is 2. The molecule has 3 nitrogen and oxygen atoms in total. The van der Waals surface area contributed by atoms with Gasteiger partial charge in [0.2, 0.25) is 0 Å². The molecule has 0 N–H and O–H groups in total. The van der Waals surface area contributed by atoms with Gasteiger partial charge in [-0.1, -0.05) is 0 Å². The summed E-state index contributed by atoms with van der Waals surface area (Å²) in [5.74, 6) is -0.236. The van der Waals surface area contributed by atoms with Gasteiger partial charge in [-0.25, -0.2) is 4.68 Å². The van der Waals surface area contributed by atoms with Crippen molar-refractivity contribution in [3.63, 3.8) is 0 Å². The normalized spacial score (nSPS) is 11.8. The Balaban J connectivity index is 2.60. The van der Waals surface area contributed by atoms with E-state index in [0.29, 0.717) is 5.69 Å². The van der Waals surface area contributed by atoms with E-state index >= 15 is 0 Å². The predicted octanol–water partition coefficient (Wildman–Crippen LogP) is 3.02. The highest BCUT2D eigenvalue weighted by atomic mass is 35.5. The molecule has 2 aromatic rings. The molecule has 0 saturated carbocycles. The Morgan fingerprint density at radius 1 is 1.24 bits per heavy atom. The minimum Gasteiger partial charge on any atom is -0.265 e. The molecule has 0 aliphatic rings. The van der Waals surface area contributed by atoms with Crippen molar-refractivity contribution >= 4 is 11.6 Å². The molecule has 0 atom stereocenters. The van der Waals surface area contributed by atoms with E-state index in [1.54, 1.807) is 0 Å². The maximum absolute atomic E-state index is 12.9. The van der Waals surface area contributed by atoms with Gasteiger partial charge in [0.25, 0.3) is 0 Å². The van der Waals surface area contributed by atoms with Gasteiger partial charge in [0.05, 0.1) is 17.8 Å². The van der Waals surface area contributed by atoms with E-state index in [1.165, 1.54) is 24.5 Å². The predicted molar refractivity (Wildman–Crippen MR) is 55.9 cm³/mol. The summed E-state index contributed by atoms with van der Waals surface area (Å²) >= 11 is 5.47. The van der Waals surface area contributed by atoms with Gasteiger partial charge in [-0.15, -0.1) is 11.6 Å². The fourth-order valence-corrected chi connectivity index (χ4v) is 1.66. The molecule has 0 saturated heterocycles. The summed E-state index contributed by atoms with van der Waals surface area (Å²) < 4.78 is 39.5. The molecular weight excluding hydrogens is 255 g/mol. The molecule has 0 aliphatic heterocycles. The smallest absolute Gasteiger partial charge is 0.265 e. The third-order valence-electron chi connectivity index (χ3n) is 2.16. The number of pyridine rings is 1. The Morgan fingerprint density at radius 2 is 1.88 bits per heavy atom. The molecule has 0 aromatic carbocycles. The first-order chi connectivity index (χ1) is 8.04. The molecule has 0 spiro atoms. The molecule has 0 unspecified atom stereocenters. The van der Waals surface area contributed by atoms with Crippen molar-refractivity contribution in [1.82, 2.24) is 14.8 Å². The topological polar surface area (TPSA) is 30.7 Å². The lowest BCUT2D eigenvalue weighted by molar-refractivity contribution is -0.143. The summed E-state index contributed by atoms with van der Waals surface area (Å²) in [5, 5.41) is 3.71. The first-order valence-electron chi connectivity index (χ1n) is 4.64. The van der Waals surface area contributed by atoms with Crippen LogP contribution in [0.2, 0.25) is 0 Å². The van der Waals surface area contributed by atoms with Gasteiger partial charge < -0.3 is 0 Å². The van der Waals surface area contributed by atoms with Crippen LogP contribution in [0.3, 0.4) is 0 Å². The summed E-state index contributed by atoms with van der Waals surface area (Å²) in [5.41, 5.74) is -0.599. The van der Waals surface area contributed by atoms with Gasteiger partial charge in [-0.3, -0.25) is 4.98 Å². The average molecular weight is 262 g/mol. The minimum atomic E-state index is -4.50. The SMILES string of the molecule is FC(F)(F)c1c(CCl)cnn1-c1ccncc1. The second-order valence-corrected chi connectivity index (χ2v) is 3.53. The van der Waals surface area contributed by atoms with Crippen molar-refractivity contribution < 1.29 is 13.2 Å². The highest BCUT2D eigenvalue weighted by Gasteiger charge is 2.38. The van der Waals surface area contributed by atoms with Crippen molar-refractivity contribution in [3.05, 3.63) is 42.0 Å². The Morgan fingerprint density at radius 3 is 2.41 bits per heavy atom. The monoisotopic (exact) mass is 261 g/mol. The summed E-state index contributed by atoms with van der Waals surface area (Å²) in [6.07, 6.45) is -0.574. The molecule has 2 heterocycles. The molecular formula is C10H7ClF3N3. The number of halogens is 4. The van der Waals surface area contributed by atoms with Crippen molar-refractivity contribution in [2.45, 2.75) is 12.1 Å². The van der Waals surface area contributed by atoms with Crippen LogP contribution in [0, 0.1) is 0 Å². The van der Waals surface area contributed by atoms with Crippen LogP contribution in [0.4, 0.5) is 13.2 Å². The lowest BCUT2D eigenvalue weighted by Gasteiger charge is -2.11. The molecule has 17 heavy (non-hydrogen) atoms. The van der Waals surface area contributed by atoms with Gasteiger partial charge in [0, 0.05) is 18.0 Å². The minimum absolute atomic E-state index is 0.0454. The maximum atomic E-state index is 12.9. The fourth-order valence-electron chi connectivity index (χ4n) is 1.46. The zero-order valence-corrected chi connectivity index (χ0v) is 9.20. The number of alkyl halides is 4. The third kappa shape index (κ3) is 2.26. The van der Waals surface area contributed by atoms with Gasteiger partial charge >= 0.3 is 6.18 Å². The number of aromatic nitrogens is 3. The Bertz CT molecular complexity index is 507. The van der Waals surface area contributed by atoms with Crippen LogP contribution in [-0.4, -0.2) is 14.8 Å². The van der Waals surface area contributed by atoms with Crippen LogP contribution in [0.1, 0.15) is 11.3 Å². The lowest BCUT2D eigenvalue weighted by atomic mass is 10.2. The first-order valence-corrected chi connectivity index (χ1v) is 5.18. The van der Waals surface area contributed by atoms with Crippen LogP contribution < -0.4 is 0 Å². The Kier molecular flexibility index (Phi) is 3.06. The second-order valence-electron chi connectivity index (χ2n) is 3.27. The fraction of sp³-hybridized carbons (Fsp3) is 0.200. The van der Waals surface area contributed by atoms with E-state index in [4.69, 9.17) is 11.6 Å². The van der Waals surface area contributed by atoms with Gasteiger partial charge in [-0.05, 0) is 12.1 Å². The third-order valence-corrected chi connectivity index (χ3v) is 2.45. The molecule has 0 amide bonds. The lowest BCUT2D eigenvalue weighted by Crippen LogP contribution is -2.15. The van der Waals surface area contributed by atoms with Gasteiger partial charge in [0.15, 0.2) is 5.69 Å². The maximum Gasteiger partial charge on any atom is 0.433 e. The summed E-state index contributed by atoms with van der Waals surface area (Å²) in [6.45, 7) is 0. The number of nitrogens with zero attached hydrogens (tertiary/aromatic N) is 3. The molecule has 0 bridgehead atoms. The standard InChI is InChI=1S/C10H7ClF3N3/c11-5-7-6-16-17(9(7)10(12,13)14)8-1-3-15-4-2-8/h1-4,6H,5H2. The van der Waals surface area contributed by atoms with E-state index in [0.717, 1.165) is 10.9 Å². The highest BCUT2D eigenvalue weighted by Crippen LogP contribution is 2.34. The molecule has 7 heteroatoms. The summed E-state index contributed by atoms with van der Waals surface area (Å²) in [6, 6.07) is 2.89. The van der Waals surface area contributed by atoms with E-state index in [9.17, 15) is 13.2 Å². The van der Waals surface area contributed by atoms with Gasteiger partial charge in [0.1, 0.15) is 0 Å². The average Bonchev–Trinajstić information content (AvgIpc) is 2.73. The molecule has 90 valence electrons. The van der Waals surface area contributed by atoms with Crippen LogP contribution in [0.5, 0.6) is 0 Å². The Labute approximate surface area is 99.8 Å². The highest BCUT2D eigenvalue weighted by molar-refractivity contribution is 6.17. The zero-order chi connectivity index (χ0) is 12.5. The molecule has 0 fully saturated rings. The second kappa shape index (κ2) is 4.37. The first kappa shape index (κ1) is 11.9. The summed E-state index contributed by atoms with van der Waals surface area (Å²) in [7, 11) is 0. The van der Waals surface area contributed by atoms with Crippen molar-refractivity contribution in [2.75, 3.05) is 0 Å². The molecule has 2 aromatic heterocycles. The van der Waals surface area contributed by atoms with E-state index < -0.39 is 11.9 Å². The zero-order valence-electron chi connectivity index (χ0n) is 8.45. The number of hydrogen-bond donors (Lipinski definition) is 0. The van der Waals surface area contributed by atoms with E-state index in [2.05, 4.69) is 10.1 Å². The van der Waals surface area contributed by atoms with Crippen LogP contribution >= 0.6 is 11.6 Å². The largest absolute Gasteiger partial charge is 0.433 e.